The number of fused-ring (bicyclic) bond motifs is 4. The molecule has 2 heterocycles. The quantitative estimate of drug-likeness (QED) is 0.351. The van der Waals surface area contributed by atoms with Gasteiger partial charge >= 0.3 is 0 Å². The Morgan fingerprint density at radius 2 is 1.53 bits per heavy atom. The van der Waals surface area contributed by atoms with Gasteiger partial charge in [0.1, 0.15) is 0 Å². The van der Waals surface area contributed by atoms with Crippen molar-refractivity contribution in [1.82, 2.24) is 19.8 Å². The molecule has 2 aromatic heterocycles. The standard InChI is InChI=1S/C14H8N4O/c19-14-10-6-2-3-7-11(10)15-13-9-5-1-4-8-12(9)16-17-18(13)14/h1-8H. The molecule has 0 radical (unpaired) electrons. The Bertz CT molecular complexity index is 991. The van der Waals surface area contributed by atoms with E-state index in [0.29, 0.717) is 16.6 Å². The Kier molecular flexibility index (Phi) is 1.91. The van der Waals surface area contributed by atoms with Crippen LogP contribution in [0.1, 0.15) is 0 Å². The Hall–Kier alpha value is -2.82. The highest BCUT2D eigenvalue weighted by atomic mass is 16.1. The maximum Gasteiger partial charge on any atom is 0.283 e. The molecule has 5 nitrogen and oxygen atoms in total. The summed E-state index contributed by atoms with van der Waals surface area (Å²) in [5, 5.41) is 9.37. The third-order valence-electron chi connectivity index (χ3n) is 3.14. The first-order valence-corrected chi connectivity index (χ1v) is 5.88. The first-order valence-electron chi connectivity index (χ1n) is 5.88. The molecule has 0 aliphatic heterocycles. The summed E-state index contributed by atoms with van der Waals surface area (Å²) in [6.45, 7) is 0. The fraction of sp³-hybridized carbons (Fsp3) is 0. The highest BCUT2D eigenvalue weighted by Gasteiger charge is 2.09. The first-order chi connectivity index (χ1) is 9.34. The van der Waals surface area contributed by atoms with E-state index in [2.05, 4.69) is 15.3 Å². The summed E-state index contributed by atoms with van der Waals surface area (Å²) in [5.74, 6) is 0. The van der Waals surface area contributed by atoms with Gasteiger partial charge in [-0.05, 0) is 24.3 Å². The minimum absolute atomic E-state index is 0.196. The number of rotatable bonds is 0. The molecular weight excluding hydrogens is 240 g/mol. The normalized spacial score (nSPS) is 11.4. The van der Waals surface area contributed by atoms with Crippen molar-refractivity contribution in [3.63, 3.8) is 0 Å². The molecule has 0 spiro atoms. The van der Waals surface area contributed by atoms with Crippen LogP contribution in [0.4, 0.5) is 0 Å². The first kappa shape index (κ1) is 10.1. The summed E-state index contributed by atoms with van der Waals surface area (Å²) >= 11 is 0. The molecular formula is C14H8N4O. The van der Waals surface area contributed by atoms with Crippen molar-refractivity contribution in [3.8, 4) is 0 Å². The van der Waals surface area contributed by atoms with Gasteiger partial charge in [-0.2, -0.15) is 4.52 Å². The molecule has 0 bridgehead atoms. The monoisotopic (exact) mass is 248 g/mol. The molecule has 0 amide bonds. The number of para-hydroxylation sites is 1. The minimum atomic E-state index is -0.196. The van der Waals surface area contributed by atoms with Crippen LogP contribution in [0.2, 0.25) is 0 Å². The van der Waals surface area contributed by atoms with Crippen molar-refractivity contribution in [2.75, 3.05) is 0 Å². The summed E-state index contributed by atoms with van der Waals surface area (Å²) < 4.78 is 1.25. The maximum absolute atomic E-state index is 12.4. The summed E-state index contributed by atoms with van der Waals surface area (Å²) in [4.78, 5) is 16.9. The molecule has 0 atom stereocenters. The number of nitrogens with zero attached hydrogens (tertiary/aromatic N) is 4. The van der Waals surface area contributed by atoms with Crippen molar-refractivity contribution < 1.29 is 0 Å². The van der Waals surface area contributed by atoms with Crippen molar-refractivity contribution in [1.29, 1.82) is 0 Å². The van der Waals surface area contributed by atoms with Gasteiger partial charge < -0.3 is 0 Å². The summed E-state index contributed by atoms with van der Waals surface area (Å²) in [6, 6.07) is 14.8. The maximum atomic E-state index is 12.4. The van der Waals surface area contributed by atoms with Crippen LogP contribution in [-0.4, -0.2) is 19.8 Å². The molecule has 4 rings (SSSR count). The molecule has 0 N–H and O–H groups in total. The third kappa shape index (κ3) is 1.35. The second-order valence-corrected chi connectivity index (χ2v) is 4.28. The minimum Gasteiger partial charge on any atom is -0.267 e. The number of benzene rings is 2. The topological polar surface area (TPSA) is 60.2 Å². The van der Waals surface area contributed by atoms with E-state index in [1.165, 1.54) is 4.52 Å². The van der Waals surface area contributed by atoms with Crippen molar-refractivity contribution in [2.24, 2.45) is 0 Å². The van der Waals surface area contributed by atoms with Crippen LogP contribution in [0.25, 0.3) is 27.5 Å². The van der Waals surface area contributed by atoms with E-state index in [1.54, 1.807) is 6.07 Å². The highest BCUT2D eigenvalue weighted by molar-refractivity contribution is 5.92. The van der Waals surface area contributed by atoms with Crippen LogP contribution >= 0.6 is 0 Å². The SMILES string of the molecule is O=c1c2ccccc2nc2c3ccccc3nnn12. The van der Waals surface area contributed by atoms with Gasteiger partial charge in [-0.15, -0.1) is 5.10 Å². The largest absolute Gasteiger partial charge is 0.283 e. The van der Waals surface area contributed by atoms with Crippen LogP contribution in [0.15, 0.2) is 53.3 Å². The van der Waals surface area contributed by atoms with E-state index >= 15 is 0 Å². The highest BCUT2D eigenvalue weighted by Crippen LogP contribution is 2.15. The Balaban J connectivity index is 2.36. The van der Waals surface area contributed by atoms with Crippen molar-refractivity contribution in [2.45, 2.75) is 0 Å². The number of hydrogen-bond donors (Lipinski definition) is 0. The van der Waals surface area contributed by atoms with Gasteiger partial charge in [-0.1, -0.05) is 29.5 Å². The predicted octanol–water partition coefficient (Wildman–Crippen LogP) is 1.79. The van der Waals surface area contributed by atoms with Crippen molar-refractivity contribution in [3.05, 3.63) is 58.9 Å². The lowest BCUT2D eigenvalue weighted by Gasteiger charge is -2.03. The smallest absolute Gasteiger partial charge is 0.267 e. The van der Waals surface area contributed by atoms with Gasteiger partial charge in [-0.25, -0.2) is 4.98 Å². The average Bonchev–Trinajstić information content (AvgIpc) is 2.47. The Morgan fingerprint density at radius 1 is 0.842 bits per heavy atom. The van der Waals surface area contributed by atoms with E-state index in [9.17, 15) is 4.79 Å². The van der Waals surface area contributed by atoms with Crippen LogP contribution in [-0.2, 0) is 0 Å². The van der Waals surface area contributed by atoms with E-state index in [4.69, 9.17) is 0 Å². The van der Waals surface area contributed by atoms with Gasteiger partial charge in [0.2, 0.25) is 0 Å². The fourth-order valence-electron chi connectivity index (χ4n) is 2.22. The van der Waals surface area contributed by atoms with Gasteiger partial charge in [-0.3, -0.25) is 4.79 Å². The fourth-order valence-corrected chi connectivity index (χ4v) is 2.22. The Morgan fingerprint density at radius 3 is 2.37 bits per heavy atom. The van der Waals surface area contributed by atoms with E-state index in [-0.39, 0.29) is 5.56 Å². The van der Waals surface area contributed by atoms with Gasteiger partial charge in [0, 0.05) is 5.39 Å². The van der Waals surface area contributed by atoms with Gasteiger partial charge in [0.05, 0.1) is 16.4 Å². The third-order valence-corrected chi connectivity index (χ3v) is 3.14. The molecule has 0 aliphatic carbocycles. The zero-order valence-corrected chi connectivity index (χ0v) is 9.82. The van der Waals surface area contributed by atoms with E-state index in [1.807, 2.05) is 42.5 Å². The van der Waals surface area contributed by atoms with Crippen LogP contribution in [0.3, 0.4) is 0 Å². The molecule has 4 aromatic rings. The zero-order chi connectivity index (χ0) is 12.8. The molecule has 0 saturated carbocycles. The molecule has 0 aliphatic rings. The average molecular weight is 248 g/mol. The number of hydrogen-bond acceptors (Lipinski definition) is 4. The van der Waals surface area contributed by atoms with Gasteiger partial charge in [0.25, 0.3) is 5.56 Å². The van der Waals surface area contributed by atoms with E-state index in [0.717, 1.165) is 10.9 Å². The Labute approximate surface area is 107 Å². The molecule has 5 heteroatoms. The molecule has 0 unspecified atom stereocenters. The van der Waals surface area contributed by atoms with Crippen molar-refractivity contribution >= 4 is 27.5 Å². The second-order valence-electron chi connectivity index (χ2n) is 4.28. The molecule has 0 fully saturated rings. The molecule has 2 aromatic carbocycles. The molecule has 90 valence electrons. The summed E-state index contributed by atoms with van der Waals surface area (Å²) in [7, 11) is 0. The molecule has 0 saturated heterocycles. The lowest BCUT2D eigenvalue weighted by atomic mass is 10.2. The second kappa shape index (κ2) is 3.58. The molecule has 19 heavy (non-hydrogen) atoms. The van der Waals surface area contributed by atoms with E-state index < -0.39 is 0 Å². The van der Waals surface area contributed by atoms with Crippen LogP contribution in [0, 0.1) is 0 Å². The predicted molar refractivity (Wildman–Crippen MR) is 72.1 cm³/mol. The lowest BCUT2D eigenvalue weighted by molar-refractivity contribution is 0.794. The lowest BCUT2D eigenvalue weighted by Crippen LogP contribution is -2.19. The van der Waals surface area contributed by atoms with Gasteiger partial charge in [0.15, 0.2) is 5.65 Å². The summed E-state index contributed by atoms with van der Waals surface area (Å²) in [5.41, 5.74) is 1.74. The number of aromatic nitrogens is 4. The van der Waals surface area contributed by atoms with Crippen LogP contribution in [0.5, 0.6) is 0 Å². The zero-order valence-electron chi connectivity index (χ0n) is 9.82. The van der Waals surface area contributed by atoms with Crippen LogP contribution < -0.4 is 5.56 Å². The summed E-state index contributed by atoms with van der Waals surface area (Å²) in [6.07, 6.45) is 0.